The van der Waals surface area contributed by atoms with Gasteiger partial charge in [-0.15, -0.1) is 0 Å². The molecule has 0 radical (unpaired) electrons. The average Bonchev–Trinajstić information content (AvgIpc) is 3.17. The van der Waals surface area contributed by atoms with Crippen molar-refractivity contribution in [3.8, 4) is 5.69 Å². The number of sulfonamides is 1. The predicted molar refractivity (Wildman–Crippen MR) is 158 cm³/mol. The van der Waals surface area contributed by atoms with Crippen LogP contribution in [0.3, 0.4) is 0 Å². The molecular weight excluding hydrogens is 555 g/mol. The summed E-state index contributed by atoms with van der Waals surface area (Å²) in [6, 6.07) is 20.5. The minimum Gasteiger partial charge on any atom is -0.318 e. The Balaban J connectivity index is 1.57. The minimum absolute atomic E-state index is 0.0335. The van der Waals surface area contributed by atoms with Gasteiger partial charge in [0.1, 0.15) is 6.54 Å². The highest BCUT2D eigenvalue weighted by Gasteiger charge is 2.27. The zero-order valence-corrected chi connectivity index (χ0v) is 24.3. The van der Waals surface area contributed by atoms with Gasteiger partial charge in [0.2, 0.25) is 0 Å². The first-order chi connectivity index (χ1) is 18.5. The highest BCUT2D eigenvalue weighted by molar-refractivity contribution is 7.92. The summed E-state index contributed by atoms with van der Waals surface area (Å²) in [5.74, 6) is -0.625. The molecule has 3 aromatic carbocycles. The van der Waals surface area contributed by atoms with Gasteiger partial charge in [0.15, 0.2) is 0 Å². The largest absolute Gasteiger partial charge is 0.318 e. The molecule has 0 aliphatic rings. The quantitative estimate of drug-likeness (QED) is 0.194. The third-order valence-corrected chi connectivity index (χ3v) is 8.79. The minimum atomic E-state index is -4.09. The number of nitrogens with zero attached hydrogens (tertiary/aromatic N) is 3. The first-order valence-corrected chi connectivity index (χ1v) is 14.3. The van der Waals surface area contributed by atoms with E-state index in [-0.39, 0.29) is 20.6 Å². The van der Waals surface area contributed by atoms with E-state index >= 15 is 0 Å². The van der Waals surface area contributed by atoms with Crippen molar-refractivity contribution in [3.05, 3.63) is 111 Å². The second-order valence-electron chi connectivity index (χ2n) is 9.17. The molecule has 1 amide bonds. The Labute approximate surface area is 238 Å². The summed E-state index contributed by atoms with van der Waals surface area (Å²) < 4.78 is 30.0. The Morgan fingerprint density at radius 1 is 0.949 bits per heavy atom. The maximum Gasteiger partial charge on any atom is 0.264 e. The lowest BCUT2D eigenvalue weighted by Gasteiger charge is -2.24. The molecule has 0 bridgehead atoms. The molecule has 39 heavy (non-hydrogen) atoms. The number of hydrazone groups is 1. The Morgan fingerprint density at radius 3 is 2.33 bits per heavy atom. The monoisotopic (exact) mass is 582 g/mol. The van der Waals surface area contributed by atoms with E-state index in [0.717, 1.165) is 32.5 Å². The van der Waals surface area contributed by atoms with Crippen molar-refractivity contribution in [2.45, 2.75) is 32.6 Å². The number of nitrogens with one attached hydrogen (secondary N) is 1. The summed E-state index contributed by atoms with van der Waals surface area (Å²) in [5.41, 5.74) is 8.86. The van der Waals surface area contributed by atoms with Gasteiger partial charge in [-0.05, 0) is 75.7 Å². The molecule has 0 unspecified atom stereocenters. The molecule has 0 aliphatic carbocycles. The van der Waals surface area contributed by atoms with Crippen LogP contribution >= 0.6 is 23.2 Å². The molecule has 0 spiro atoms. The number of halogens is 2. The number of anilines is 1. The Morgan fingerprint density at radius 2 is 1.67 bits per heavy atom. The number of carbonyl (C=O) groups is 1. The summed E-state index contributed by atoms with van der Waals surface area (Å²) >= 11 is 12.2. The standard InChI is InChI=1S/C29H28Cl2N4O3S/c1-19-10-13-28(20(2)14-19)35-21(3)15-23(22(35)4)17-32-33-29(36)18-34(24-11-12-26(30)27(31)16-24)39(37,38)25-8-6-5-7-9-25/h5-17H,18H2,1-4H3,(H,33,36)/b32-17-. The van der Waals surface area contributed by atoms with Crippen LogP contribution in [0.25, 0.3) is 5.69 Å². The number of aryl methyl sites for hydroxylation is 3. The number of benzene rings is 3. The Bertz CT molecular complexity index is 1670. The van der Waals surface area contributed by atoms with Gasteiger partial charge >= 0.3 is 0 Å². The Kier molecular flexibility index (Phi) is 8.49. The number of carbonyl (C=O) groups excluding carboxylic acids is 1. The van der Waals surface area contributed by atoms with Crippen molar-refractivity contribution in [3.63, 3.8) is 0 Å². The first kappa shape index (κ1) is 28.4. The fraction of sp³-hybridized carbons (Fsp3) is 0.172. The maximum atomic E-state index is 13.5. The van der Waals surface area contributed by atoms with E-state index in [1.165, 1.54) is 35.9 Å². The fourth-order valence-corrected chi connectivity index (χ4v) is 6.09. The molecule has 0 aliphatic heterocycles. The van der Waals surface area contributed by atoms with Crippen LogP contribution in [0.4, 0.5) is 5.69 Å². The van der Waals surface area contributed by atoms with Crippen LogP contribution in [-0.4, -0.2) is 31.7 Å². The SMILES string of the molecule is Cc1ccc(-n2c(C)cc(/C=N\NC(=O)CN(c3ccc(Cl)c(Cl)c3)S(=O)(=O)c3ccccc3)c2C)c(C)c1. The summed E-state index contributed by atoms with van der Waals surface area (Å²) in [5, 5.41) is 4.55. The van der Waals surface area contributed by atoms with E-state index in [9.17, 15) is 13.2 Å². The maximum absolute atomic E-state index is 13.5. The molecule has 1 N–H and O–H groups in total. The van der Waals surface area contributed by atoms with Gasteiger partial charge in [-0.25, -0.2) is 13.8 Å². The number of rotatable bonds is 8. The summed E-state index contributed by atoms with van der Waals surface area (Å²) in [7, 11) is -4.09. The molecule has 0 fully saturated rings. The van der Waals surface area contributed by atoms with Crippen molar-refractivity contribution < 1.29 is 13.2 Å². The molecule has 1 aromatic heterocycles. The molecule has 0 saturated carbocycles. The zero-order valence-electron chi connectivity index (χ0n) is 21.9. The fourth-order valence-electron chi connectivity index (χ4n) is 4.36. The summed E-state index contributed by atoms with van der Waals surface area (Å²) in [4.78, 5) is 12.9. The topological polar surface area (TPSA) is 83.8 Å². The van der Waals surface area contributed by atoms with Gasteiger partial charge in [-0.3, -0.25) is 9.10 Å². The Hall–Kier alpha value is -3.59. The van der Waals surface area contributed by atoms with E-state index in [1.54, 1.807) is 24.4 Å². The van der Waals surface area contributed by atoms with Crippen molar-refractivity contribution in [2.24, 2.45) is 5.10 Å². The molecule has 1 heterocycles. The third-order valence-electron chi connectivity index (χ3n) is 6.27. The molecule has 7 nitrogen and oxygen atoms in total. The van der Waals surface area contributed by atoms with E-state index in [1.807, 2.05) is 19.9 Å². The van der Waals surface area contributed by atoms with Crippen LogP contribution in [0.15, 0.2) is 82.8 Å². The van der Waals surface area contributed by atoms with Crippen LogP contribution in [0.1, 0.15) is 28.1 Å². The van der Waals surface area contributed by atoms with Crippen LogP contribution in [0.2, 0.25) is 10.0 Å². The van der Waals surface area contributed by atoms with Crippen molar-refractivity contribution >= 4 is 51.0 Å². The average molecular weight is 584 g/mol. The summed E-state index contributed by atoms with van der Waals surface area (Å²) in [6.07, 6.45) is 1.55. The van der Waals surface area contributed by atoms with Crippen LogP contribution in [0.5, 0.6) is 0 Å². The van der Waals surface area contributed by atoms with Crippen LogP contribution in [0, 0.1) is 27.7 Å². The smallest absolute Gasteiger partial charge is 0.264 e. The lowest BCUT2D eigenvalue weighted by Crippen LogP contribution is -2.39. The molecule has 4 aromatic rings. The van der Waals surface area contributed by atoms with Gasteiger partial charge in [0.05, 0.1) is 26.8 Å². The van der Waals surface area contributed by atoms with Crippen molar-refractivity contribution in [1.82, 2.24) is 9.99 Å². The van der Waals surface area contributed by atoms with Gasteiger partial charge in [-0.1, -0.05) is 59.1 Å². The van der Waals surface area contributed by atoms with E-state index < -0.39 is 22.5 Å². The predicted octanol–water partition coefficient (Wildman–Crippen LogP) is 6.36. The van der Waals surface area contributed by atoms with Crippen LogP contribution < -0.4 is 9.73 Å². The molecule has 202 valence electrons. The zero-order chi connectivity index (χ0) is 28.3. The molecular formula is C29H28Cl2N4O3S. The first-order valence-electron chi connectivity index (χ1n) is 12.1. The van der Waals surface area contributed by atoms with Crippen LogP contribution in [-0.2, 0) is 14.8 Å². The number of hydrogen-bond donors (Lipinski definition) is 1. The second kappa shape index (κ2) is 11.7. The third kappa shape index (κ3) is 6.19. The molecule has 4 rings (SSSR count). The lowest BCUT2D eigenvalue weighted by molar-refractivity contribution is -0.119. The number of amides is 1. The van der Waals surface area contributed by atoms with Crippen molar-refractivity contribution in [2.75, 3.05) is 10.8 Å². The highest BCUT2D eigenvalue weighted by atomic mass is 35.5. The molecule has 0 saturated heterocycles. The highest BCUT2D eigenvalue weighted by Crippen LogP contribution is 2.30. The molecule has 0 atom stereocenters. The summed E-state index contributed by atoms with van der Waals surface area (Å²) in [6.45, 7) is 7.59. The lowest BCUT2D eigenvalue weighted by atomic mass is 10.1. The number of hydrogen-bond acceptors (Lipinski definition) is 4. The number of aromatic nitrogens is 1. The van der Waals surface area contributed by atoms with E-state index in [2.05, 4.69) is 47.1 Å². The second-order valence-corrected chi connectivity index (χ2v) is 11.8. The van der Waals surface area contributed by atoms with Gasteiger partial charge in [0, 0.05) is 22.6 Å². The van der Waals surface area contributed by atoms with E-state index in [0.29, 0.717) is 0 Å². The van der Waals surface area contributed by atoms with Gasteiger partial charge in [-0.2, -0.15) is 5.10 Å². The normalized spacial score (nSPS) is 11.6. The van der Waals surface area contributed by atoms with Gasteiger partial charge < -0.3 is 4.57 Å². The van der Waals surface area contributed by atoms with E-state index in [4.69, 9.17) is 23.2 Å². The van der Waals surface area contributed by atoms with Gasteiger partial charge in [0.25, 0.3) is 15.9 Å². The molecule has 10 heteroatoms. The van der Waals surface area contributed by atoms with Crippen molar-refractivity contribution in [1.29, 1.82) is 0 Å².